The Hall–Kier alpha value is 0.576. The van der Waals surface area contributed by atoms with Gasteiger partial charge in [-0.3, -0.25) is 0 Å². The van der Waals surface area contributed by atoms with Gasteiger partial charge >= 0.3 is 195 Å². The summed E-state index contributed by atoms with van der Waals surface area (Å²) in [6.07, 6.45) is 0.204. The third-order valence-corrected chi connectivity index (χ3v) is 47.4. The van der Waals surface area contributed by atoms with Crippen LogP contribution in [0.2, 0.25) is 0 Å². The van der Waals surface area contributed by atoms with E-state index >= 15 is 0 Å². The standard InChI is InChI=1S/C9H13.C6H7Cl2.C5H9GeO5.Zr/c1-6-5-7(2)9(4)8(6)3;1-4-2-3-5(7)6(4)8;6-5(10)3(8)2(1-7)11-4(5)9;/h6H,1-4H3;2,6H,3H2,1H3;2-3,7-8,10H,1,6H2;/t;;2-,3+,5+;/m..1./s1. The summed E-state index contributed by atoms with van der Waals surface area (Å²) in [6.45, 7) is 9.95. The number of carbonyl (C=O) groups excluding carboxylic acids is 1. The first-order valence-corrected chi connectivity index (χ1v) is 25.1. The Morgan fingerprint density at radius 2 is 1.93 bits per heavy atom. The maximum atomic E-state index is 12.6. The molecule has 0 aromatic carbocycles. The molecule has 29 heavy (non-hydrogen) atoms. The first-order chi connectivity index (χ1) is 13.4. The second-order valence-corrected chi connectivity index (χ2v) is 32.7. The zero-order valence-electron chi connectivity index (χ0n) is 17.4. The van der Waals surface area contributed by atoms with Crippen LogP contribution < -0.4 is 0 Å². The number of aliphatic hydroxyl groups excluding tert-OH is 2. The van der Waals surface area contributed by atoms with Crippen LogP contribution in [-0.4, -0.2) is 64.1 Å². The Labute approximate surface area is 193 Å². The number of rotatable bonds is 5. The van der Waals surface area contributed by atoms with E-state index in [0.717, 1.165) is 5.57 Å². The van der Waals surface area contributed by atoms with Crippen LogP contribution in [0.25, 0.3) is 0 Å². The van der Waals surface area contributed by atoms with E-state index in [0.29, 0.717) is 6.42 Å². The summed E-state index contributed by atoms with van der Waals surface area (Å²) in [6, 6.07) is 0. The number of aliphatic hydroxyl groups is 3. The number of esters is 1. The van der Waals surface area contributed by atoms with Crippen molar-refractivity contribution < 1.29 is 44.1 Å². The number of ether oxygens (including phenoxy) is 1. The van der Waals surface area contributed by atoms with Gasteiger partial charge in [-0.1, -0.05) is 0 Å². The molecular formula is C20H29Cl2GeO5Zr. The molecular weight excluding hydrogens is 555 g/mol. The summed E-state index contributed by atoms with van der Waals surface area (Å²) in [7, 11) is 0. The normalized spacial score (nSPS) is 40.5. The molecule has 0 saturated carbocycles. The number of allylic oxidation sites excluding steroid dienone is 6. The molecule has 0 amide bonds. The summed E-state index contributed by atoms with van der Waals surface area (Å²) in [5, 5.41) is 31.1. The maximum absolute atomic E-state index is 12.6. The molecule has 0 spiro atoms. The van der Waals surface area contributed by atoms with Gasteiger partial charge in [0.25, 0.3) is 0 Å². The van der Waals surface area contributed by atoms with Crippen LogP contribution in [0.3, 0.4) is 0 Å². The summed E-state index contributed by atoms with van der Waals surface area (Å²) < 4.78 is 3.87. The van der Waals surface area contributed by atoms with Gasteiger partial charge in [0.05, 0.1) is 0 Å². The number of alkyl halides is 2. The molecule has 3 rings (SSSR count). The Balaban J connectivity index is 2.08. The van der Waals surface area contributed by atoms with Crippen molar-refractivity contribution in [3.63, 3.8) is 0 Å². The van der Waals surface area contributed by atoms with E-state index in [1.807, 2.05) is 6.92 Å². The Morgan fingerprint density at radius 1 is 1.31 bits per heavy atom. The monoisotopic (exact) mass is 583 g/mol. The number of cyclic esters (lactones) is 1. The molecule has 3 aliphatic rings. The SMILES string of the molecule is CC1=CC[C](Cl)([Zr]([GeH2][C@@]2(O)C(=O)O[C@H](CO)[C@@H]2O)[C]2=C(C)C(C)=C(C)C2C)C1Cl. The molecule has 0 aromatic heterocycles. The predicted molar refractivity (Wildman–Crippen MR) is 113 cm³/mol. The van der Waals surface area contributed by atoms with Crippen LogP contribution in [0, 0.1) is 5.92 Å². The van der Waals surface area contributed by atoms with E-state index < -0.39 is 62.7 Å². The number of halogens is 2. The van der Waals surface area contributed by atoms with Crippen molar-refractivity contribution in [2.75, 3.05) is 6.61 Å². The third kappa shape index (κ3) is 3.73. The van der Waals surface area contributed by atoms with E-state index in [1.165, 1.54) is 20.0 Å². The molecule has 3 N–H and O–H groups in total. The molecule has 0 radical (unpaired) electrons. The van der Waals surface area contributed by atoms with E-state index in [2.05, 4.69) is 33.8 Å². The van der Waals surface area contributed by atoms with Gasteiger partial charge in [0.1, 0.15) is 0 Å². The van der Waals surface area contributed by atoms with Crippen molar-refractivity contribution in [2.45, 2.75) is 65.6 Å². The van der Waals surface area contributed by atoms with E-state index in [-0.39, 0.29) is 11.3 Å². The predicted octanol–water partition coefficient (Wildman–Crippen LogP) is 1.81. The van der Waals surface area contributed by atoms with E-state index in [4.69, 9.17) is 27.9 Å². The average Bonchev–Trinajstić information content (AvgIpc) is 3.15. The second-order valence-electron chi connectivity index (χ2n) is 8.60. The van der Waals surface area contributed by atoms with Crippen LogP contribution in [0.4, 0.5) is 0 Å². The van der Waals surface area contributed by atoms with Gasteiger partial charge in [-0.05, 0) is 0 Å². The molecule has 0 aromatic rings. The van der Waals surface area contributed by atoms with Crippen molar-refractivity contribution in [3.8, 4) is 0 Å². The topological polar surface area (TPSA) is 87.0 Å². The molecule has 9 heteroatoms. The minimum absolute atomic E-state index is 0.210. The van der Waals surface area contributed by atoms with E-state index in [9.17, 15) is 20.1 Å². The first-order valence-electron chi connectivity index (χ1n) is 9.87. The van der Waals surface area contributed by atoms with Crippen LogP contribution in [0.1, 0.15) is 41.0 Å². The van der Waals surface area contributed by atoms with Crippen molar-refractivity contribution >= 4 is 40.8 Å². The summed E-state index contributed by atoms with van der Waals surface area (Å²) >= 11 is 8.95. The van der Waals surface area contributed by atoms with E-state index in [1.54, 1.807) is 0 Å². The Morgan fingerprint density at radius 3 is 2.34 bits per heavy atom. The fourth-order valence-electron chi connectivity index (χ4n) is 4.79. The summed E-state index contributed by atoms with van der Waals surface area (Å²) in [4.78, 5) is 12.6. The molecule has 6 atom stereocenters. The molecule has 1 fully saturated rings. The fourth-order valence-corrected chi connectivity index (χ4v) is 49.5. The second kappa shape index (κ2) is 8.50. The zero-order chi connectivity index (χ0) is 21.9. The minimum atomic E-state index is -2.94. The zero-order valence-corrected chi connectivity index (χ0v) is 24.4. The summed E-state index contributed by atoms with van der Waals surface area (Å²) in [5.41, 5.74) is 4.78. The number of carbonyl (C=O) groups is 1. The first kappa shape index (κ1) is 24.2. The summed E-state index contributed by atoms with van der Waals surface area (Å²) in [5.74, 6) is -0.594. The van der Waals surface area contributed by atoms with Gasteiger partial charge in [-0.2, -0.15) is 0 Å². The van der Waals surface area contributed by atoms with Crippen LogP contribution in [0.15, 0.2) is 31.6 Å². The van der Waals surface area contributed by atoms with Gasteiger partial charge in [-0.25, -0.2) is 0 Å². The van der Waals surface area contributed by atoms with Crippen LogP contribution in [-0.2, 0) is 28.8 Å². The Bertz CT molecular complexity index is 828. The molecule has 1 heterocycles. The van der Waals surface area contributed by atoms with Crippen LogP contribution in [0.5, 0.6) is 0 Å². The molecule has 3 unspecified atom stereocenters. The average molecular weight is 584 g/mol. The number of hydrogen-bond donors (Lipinski definition) is 3. The molecule has 2 aliphatic carbocycles. The van der Waals surface area contributed by atoms with Gasteiger partial charge in [0.15, 0.2) is 0 Å². The fraction of sp³-hybridized carbons (Fsp3) is 0.650. The van der Waals surface area contributed by atoms with Crippen molar-refractivity contribution in [2.24, 2.45) is 5.92 Å². The molecule has 1 saturated heterocycles. The van der Waals surface area contributed by atoms with Gasteiger partial charge < -0.3 is 0 Å². The quantitative estimate of drug-likeness (QED) is 0.199. The molecule has 161 valence electrons. The molecule has 5 nitrogen and oxygen atoms in total. The molecule has 0 bridgehead atoms. The van der Waals surface area contributed by atoms with Crippen molar-refractivity contribution in [1.82, 2.24) is 0 Å². The van der Waals surface area contributed by atoms with Crippen LogP contribution >= 0.6 is 23.2 Å². The van der Waals surface area contributed by atoms with Gasteiger partial charge in [0, 0.05) is 0 Å². The van der Waals surface area contributed by atoms with Crippen molar-refractivity contribution in [1.29, 1.82) is 0 Å². The number of hydrogen-bond acceptors (Lipinski definition) is 5. The van der Waals surface area contributed by atoms with Crippen molar-refractivity contribution in [3.05, 3.63) is 31.6 Å². The Kier molecular flexibility index (Phi) is 7.10. The van der Waals surface area contributed by atoms with Gasteiger partial charge in [-0.15, -0.1) is 0 Å². The molecule has 1 aliphatic heterocycles. The third-order valence-electron chi connectivity index (χ3n) is 7.07. The van der Waals surface area contributed by atoms with Gasteiger partial charge in [0.2, 0.25) is 0 Å².